The number of carbonyl (C=O) groups is 1. The quantitative estimate of drug-likeness (QED) is 0.505. The van der Waals surface area contributed by atoms with Crippen molar-refractivity contribution >= 4 is 35.0 Å². The van der Waals surface area contributed by atoms with Gasteiger partial charge in [-0.05, 0) is 69.4 Å². The van der Waals surface area contributed by atoms with Crippen molar-refractivity contribution in [2.45, 2.75) is 31.5 Å². The molecule has 0 aliphatic heterocycles. The van der Waals surface area contributed by atoms with E-state index in [1.165, 1.54) is 17.3 Å². The lowest BCUT2D eigenvalue weighted by Gasteiger charge is -2.20. The van der Waals surface area contributed by atoms with Crippen LogP contribution in [-0.4, -0.2) is 45.4 Å². The molecule has 6 nitrogen and oxygen atoms in total. The van der Waals surface area contributed by atoms with E-state index < -0.39 is 0 Å². The summed E-state index contributed by atoms with van der Waals surface area (Å²) in [4.78, 5) is 14.5. The van der Waals surface area contributed by atoms with Crippen LogP contribution in [-0.2, 0) is 11.2 Å². The predicted octanol–water partition coefficient (Wildman–Crippen LogP) is 4.84. The Morgan fingerprint density at radius 3 is 2.40 bits per heavy atom. The standard InChI is InChI=1S/C22H26ClN5OS/c1-5-16-6-10-18(11-7-16)24-20(29)14-30-22-26-25-21(15(2)27(3)4)28(22)19-12-8-17(23)9-13-19/h6-13,15H,5,14H2,1-4H3,(H,24,29). The highest BCUT2D eigenvalue weighted by atomic mass is 35.5. The summed E-state index contributed by atoms with van der Waals surface area (Å²) in [5.41, 5.74) is 2.94. The highest BCUT2D eigenvalue weighted by molar-refractivity contribution is 7.99. The third-order valence-electron chi connectivity index (χ3n) is 4.87. The van der Waals surface area contributed by atoms with Crippen molar-refractivity contribution in [2.24, 2.45) is 0 Å². The number of rotatable bonds is 8. The van der Waals surface area contributed by atoms with E-state index in [4.69, 9.17) is 11.6 Å². The summed E-state index contributed by atoms with van der Waals surface area (Å²) >= 11 is 7.41. The third kappa shape index (κ3) is 5.41. The Bertz CT molecular complexity index is 986. The Labute approximate surface area is 186 Å². The zero-order chi connectivity index (χ0) is 21.7. The van der Waals surface area contributed by atoms with Gasteiger partial charge in [-0.2, -0.15) is 0 Å². The van der Waals surface area contributed by atoms with Crippen molar-refractivity contribution < 1.29 is 4.79 Å². The summed E-state index contributed by atoms with van der Waals surface area (Å²) in [6.07, 6.45) is 0.970. The fourth-order valence-corrected chi connectivity index (χ4v) is 3.74. The van der Waals surface area contributed by atoms with Crippen molar-refractivity contribution in [1.82, 2.24) is 19.7 Å². The van der Waals surface area contributed by atoms with E-state index in [9.17, 15) is 4.79 Å². The maximum absolute atomic E-state index is 12.5. The molecule has 0 spiro atoms. The first kappa shape index (κ1) is 22.3. The molecule has 0 aliphatic carbocycles. The molecule has 1 amide bonds. The molecular formula is C22H26ClN5OS. The number of nitrogens with zero attached hydrogens (tertiary/aromatic N) is 4. The van der Waals surface area contributed by atoms with Gasteiger partial charge in [0.05, 0.1) is 11.8 Å². The predicted molar refractivity (Wildman–Crippen MR) is 124 cm³/mol. The van der Waals surface area contributed by atoms with Gasteiger partial charge in [-0.3, -0.25) is 14.3 Å². The van der Waals surface area contributed by atoms with E-state index in [0.717, 1.165) is 23.6 Å². The van der Waals surface area contributed by atoms with Crippen LogP contribution in [0.15, 0.2) is 53.7 Å². The fourth-order valence-electron chi connectivity index (χ4n) is 2.86. The molecule has 3 aromatic rings. The number of aromatic nitrogens is 3. The zero-order valence-electron chi connectivity index (χ0n) is 17.6. The molecule has 158 valence electrons. The van der Waals surface area contributed by atoms with Crippen LogP contribution in [0.2, 0.25) is 5.02 Å². The van der Waals surface area contributed by atoms with Crippen LogP contribution >= 0.6 is 23.4 Å². The highest BCUT2D eigenvalue weighted by Gasteiger charge is 2.21. The van der Waals surface area contributed by atoms with Crippen molar-refractivity contribution in [1.29, 1.82) is 0 Å². The number of benzene rings is 2. The number of anilines is 1. The lowest BCUT2D eigenvalue weighted by molar-refractivity contribution is -0.113. The number of hydrogen-bond donors (Lipinski definition) is 1. The topological polar surface area (TPSA) is 63.1 Å². The third-order valence-corrected chi connectivity index (χ3v) is 6.05. The van der Waals surface area contributed by atoms with E-state index in [-0.39, 0.29) is 17.7 Å². The second-order valence-electron chi connectivity index (χ2n) is 7.18. The minimum Gasteiger partial charge on any atom is -0.325 e. The molecule has 1 N–H and O–H groups in total. The second kappa shape index (κ2) is 10.1. The van der Waals surface area contributed by atoms with E-state index in [1.54, 1.807) is 0 Å². The van der Waals surface area contributed by atoms with E-state index in [2.05, 4.69) is 34.3 Å². The summed E-state index contributed by atoms with van der Waals surface area (Å²) in [7, 11) is 3.99. The van der Waals surface area contributed by atoms with Gasteiger partial charge in [-0.15, -0.1) is 10.2 Å². The number of hydrogen-bond acceptors (Lipinski definition) is 5. The zero-order valence-corrected chi connectivity index (χ0v) is 19.2. The van der Waals surface area contributed by atoms with Crippen LogP contribution in [0.4, 0.5) is 5.69 Å². The van der Waals surface area contributed by atoms with Crippen molar-refractivity contribution in [3.8, 4) is 5.69 Å². The van der Waals surface area contributed by atoms with Crippen LogP contribution in [0.25, 0.3) is 5.69 Å². The second-order valence-corrected chi connectivity index (χ2v) is 8.56. The molecule has 1 atom stereocenters. The summed E-state index contributed by atoms with van der Waals surface area (Å²) in [6.45, 7) is 4.17. The van der Waals surface area contributed by atoms with Gasteiger partial charge in [-0.25, -0.2) is 0 Å². The van der Waals surface area contributed by atoms with Crippen LogP contribution in [0.1, 0.15) is 31.3 Å². The number of nitrogens with one attached hydrogen (secondary N) is 1. The maximum Gasteiger partial charge on any atom is 0.234 e. The normalized spacial score (nSPS) is 12.2. The molecule has 3 rings (SSSR count). The summed E-state index contributed by atoms with van der Waals surface area (Å²) in [6, 6.07) is 15.5. The van der Waals surface area contributed by atoms with Crippen LogP contribution in [0.3, 0.4) is 0 Å². The van der Waals surface area contributed by atoms with Crippen molar-refractivity contribution in [3.63, 3.8) is 0 Å². The first-order chi connectivity index (χ1) is 14.4. The van der Waals surface area contributed by atoms with Crippen LogP contribution in [0.5, 0.6) is 0 Å². The minimum atomic E-state index is -0.0860. The average molecular weight is 444 g/mol. The number of thioether (sulfide) groups is 1. The maximum atomic E-state index is 12.5. The smallest absolute Gasteiger partial charge is 0.234 e. The molecule has 2 aromatic carbocycles. The van der Waals surface area contributed by atoms with Crippen molar-refractivity contribution in [2.75, 3.05) is 25.2 Å². The molecule has 30 heavy (non-hydrogen) atoms. The van der Waals surface area contributed by atoms with E-state index in [1.807, 2.05) is 67.2 Å². The first-order valence-electron chi connectivity index (χ1n) is 9.78. The van der Waals surface area contributed by atoms with Crippen molar-refractivity contribution in [3.05, 3.63) is 64.9 Å². The SMILES string of the molecule is CCc1ccc(NC(=O)CSc2nnc(C(C)N(C)C)n2-c2ccc(Cl)cc2)cc1. The largest absolute Gasteiger partial charge is 0.325 e. The molecular weight excluding hydrogens is 418 g/mol. The minimum absolute atomic E-state index is 0.0495. The van der Waals surface area contributed by atoms with Crippen LogP contribution in [0, 0.1) is 0 Å². The molecule has 0 aliphatic rings. The van der Waals surface area contributed by atoms with Gasteiger partial charge < -0.3 is 5.32 Å². The Balaban J connectivity index is 1.77. The fraction of sp³-hybridized carbons (Fsp3) is 0.318. The number of carbonyl (C=O) groups excluding carboxylic acids is 1. The average Bonchev–Trinajstić information content (AvgIpc) is 3.16. The summed E-state index contributed by atoms with van der Waals surface area (Å²) < 4.78 is 1.98. The first-order valence-corrected chi connectivity index (χ1v) is 11.1. The molecule has 0 saturated carbocycles. The monoisotopic (exact) mass is 443 g/mol. The molecule has 0 saturated heterocycles. The van der Waals surface area contributed by atoms with Gasteiger partial charge in [-0.1, -0.05) is 42.4 Å². The Morgan fingerprint density at radius 1 is 1.13 bits per heavy atom. The highest BCUT2D eigenvalue weighted by Crippen LogP contribution is 2.27. The van der Waals surface area contributed by atoms with Gasteiger partial charge in [0.1, 0.15) is 0 Å². The Hall–Kier alpha value is -2.35. The molecule has 1 aromatic heterocycles. The molecule has 0 radical (unpaired) electrons. The van der Waals surface area contributed by atoms with Crippen LogP contribution < -0.4 is 5.32 Å². The van der Waals surface area contributed by atoms with Gasteiger partial charge in [0, 0.05) is 16.4 Å². The van der Waals surface area contributed by atoms with Gasteiger partial charge in [0.25, 0.3) is 0 Å². The van der Waals surface area contributed by atoms with Gasteiger partial charge >= 0.3 is 0 Å². The Morgan fingerprint density at radius 2 is 1.80 bits per heavy atom. The van der Waals surface area contributed by atoms with E-state index >= 15 is 0 Å². The summed E-state index contributed by atoms with van der Waals surface area (Å²) in [5, 5.41) is 13.0. The summed E-state index contributed by atoms with van der Waals surface area (Å²) in [5.74, 6) is 0.954. The molecule has 8 heteroatoms. The van der Waals surface area contributed by atoms with E-state index in [0.29, 0.717) is 10.2 Å². The van der Waals surface area contributed by atoms with Gasteiger partial charge in [0.15, 0.2) is 11.0 Å². The molecule has 0 bridgehead atoms. The molecule has 0 fully saturated rings. The number of halogens is 1. The van der Waals surface area contributed by atoms with Gasteiger partial charge in [0.2, 0.25) is 5.91 Å². The Kier molecular flexibility index (Phi) is 7.53. The molecule has 1 heterocycles. The number of aryl methyl sites for hydroxylation is 1. The number of amides is 1. The lowest BCUT2D eigenvalue weighted by Crippen LogP contribution is -2.21. The molecule has 1 unspecified atom stereocenters. The lowest BCUT2D eigenvalue weighted by atomic mass is 10.1.